The van der Waals surface area contributed by atoms with Crippen molar-refractivity contribution in [1.29, 1.82) is 0 Å². The van der Waals surface area contributed by atoms with Crippen LogP contribution in [0.5, 0.6) is 5.75 Å². The Morgan fingerprint density at radius 2 is 2.00 bits per heavy atom. The van der Waals surface area contributed by atoms with Crippen LogP contribution in [0.1, 0.15) is 16.8 Å². The molecule has 0 fully saturated rings. The molecule has 1 N–H and O–H groups in total. The molecule has 2 rings (SSSR count). The molecule has 5 nitrogen and oxygen atoms in total. The molecular weight excluding hydrogens is 359 g/mol. The number of nitrogens with one attached hydrogen (secondary N) is 1. The number of halogens is 4. The smallest absolute Gasteiger partial charge is 0.450 e. The minimum absolute atomic E-state index is 0.135. The van der Waals surface area contributed by atoms with Crippen molar-refractivity contribution >= 4 is 39.1 Å². The molecule has 0 spiro atoms. The van der Waals surface area contributed by atoms with Gasteiger partial charge in [0, 0.05) is 5.56 Å². The second-order valence-corrected chi connectivity index (χ2v) is 5.05. The number of rotatable bonds is 3. The molecule has 0 atom stereocenters. The Bertz CT molecular complexity index is 642. The maximum atomic E-state index is 12.1. The summed E-state index contributed by atoms with van der Waals surface area (Å²) in [4.78, 5) is 33.7. The Hall–Kier alpha value is -1.90. The van der Waals surface area contributed by atoms with Gasteiger partial charge in [-0.25, -0.2) is 0 Å². The standard InChI is InChI=1S/C12H7BrF3NO4/c13-6-1-5(8(18)3-9(19)12(14,15)16)2-7-11(6)21-4-10(20)17-7/h1-2H,3-4H2,(H,17,20). The lowest BCUT2D eigenvalue weighted by molar-refractivity contribution is -0.170. The number of benzene rings is 1. The van der Waals surface area contributed by atoms with Crippen molar-refractivity contribution < 1.29 is 32.3 Å². The number of hydrogen-bond acceptors (Lipinski definition) is 4. The van der Waals surface area contributed by atoms with Gasteiger partial charge in [0.05, 0.1) is 16.6 Å². The van der Waals surface area contributed by atoms with Crippen LogP contribution < -0.4 is 10.1 Å². The second-order valence-electron chi connectivity index (χ2n) is 4.19. The van der Waals surface area contributed by atoms with Gasteiger partial charge in [-0.1, -0.05) is 0 Å². The van der Waals surface area contributed by atoms with E-state index in [2.05, 4.69) is 21.2 Å². The van der Waals surface area contributed by atoms with Gasteiger partial charge in [0.15, 0.2) is 18.1 Å². The first-order valence-electron chi connectivity index (χ1n) is 5.58. The third-order valence-electron chi connectivity index (χ3n) is 2.62. The number of carbonyl (C=O) groups is 3. The van der Waals surface area contributed by atoms with Crippen LogP contribution in [-0.4, -0.2) is 30.3 Å². The van der Waals surface area contributed by atoms with Crippen molar-refractivity contribution in [3.63, 3.8) is 0 Å². The van der Waals surface area contributed by atoms with E-state index in [4.69, 9.17) is 4.74 Å². The molecule has 0 aromatic heterocycles. The first kappa shape index (κ1) is 15.5. The fourth-order valence-corrected chi connectivity index (χ4v) is 2.24. The number of ether oxygens (including phenoxy) is 1. The lowest BCUT2D eigenvalue weighted by Gasteiger charge is -2.19. The van der Waals surface area contributed by atoms with Gasteiger partial charge in [-0.3, -0.25) is 14.4 Å². The molecule has 0 aliphatic carbocycles. The Kier molecular flexibility index (Phi) is 4.04. The largest absolute Gasteiger partial charge is 0.480 e. The summed E-state index contributed by atoms with van der Waals surface area (Å²) >= 11 is 3.09. The number of anilines is 1. The van der Waals surface area contributed by atoms with Gasteiger partial charge in [-0.05, 0) is 28.1 Å². The first-order chi connectivity index (χ1) is 9.68. The first-order valence-corrected chi connectivity index (χ1v) is 6.37. The molecule has 1 aromatic carbocycles. The van der Waals surface area contributed by atoms with Gasteiger partial charge in [-0.15, -0.1) is 0 Å². The zero-order valence-electron chi connectivity index (χ0n) is 10.2. The van der Waals surface area contributed by atoms with Crippen LogP contribution in [0.25, 0.3) is 0 Å². The lowest BCUT2D eigenvalue weighted by atomic mass is 10.0. The fourth-order valence-electron chi connectivity index (χ4n) is 1.67. The van der Waals surface area contributed by atoms with Crippen molar-refractivity contribution in [2.45, 2.75) is 12.6 Å². The number of Topliss-reactive ketones (excluding diaryl/α,β-unsaturated/α-hetero) is 2. The van der Waals surface area contributed by atoms with E-state index in [1.807, 2.05) is 0 Å². The molecule has 0 saturated heterocycles. The molecule has 0 saturated carbocycles. The third-order valence-corrected chi connectivity index (χ3v) is 3.21. The molecule has 0 radical (unpaired) electrons. The molecule has 112 valence electrons. The molecule has 1 aliphatic rings. The number of hydrogen-bond donors (Lipinski definition) is 1. The molecule has 1 heterocycles. The quantitative estimate of drug-likeness (QED) is 0.659. The highest BCUT2D eigenvalue weighted by Crippen LogP contribution is 2.37. The zero-order valence-corrected chi connectivity index (χ0v) is 11.8. The van der Waals surface area contributed by atoms with E-state index in [0.29, 0.717) is 4.47 Å². The number of fused-ring (bicyclic) bond motifs is 1. The van der Waals surface area contributed by atoms with Crippen LogP contribution in [0.4, 0.5) is 18.9 Å². The topological polar surface area (TPSA) is 72.5 Å². The van der Waals surface area contributed by atoms with E-state index >= 15 is 0 Å². The number of carbonyl (C=O) groups excluding carboxylic acids is 3. The highest BCUT2D eigenvalue weighted by molar-refractivity contribution is 9.10. The van der Waals surface area contributed by atoms with Crippen molar-refractivity contribution in [1.82, 2.24) is 0 Å². The third kappa shape index (κ3) is 3.41. The van der Waals surface area contributed by atoms with Gasteiger partial charge in [0.25, 0.3) is 5.91 Å². The van der Waals surface area contributed by atoms with E-state index in [1.165, 1.54) is 12.1 Å². The van der Waals surface area contributed by atoms with Crippen LogP contribution in [0.2, 0.25) is 0 Å². The highest BCUT2D eigenvalue weighted by Gasteiger charge is 2.39. The summed E-state index contributed by atoms with van der Waals surface area (Å²) in [5.41, 5.74) is 0.0208. The van der Waals surface area contributed by atoms with Gasteiger partial charge < -0.3 is 10.1 Å². The predicted molar refractivity (Wildman–Crippen MR) is 68.3 cm³/mol. The van der Waals surface area contributed by atoms with E-state index in [9.17, 15) is 27.6 Å². The molecule has 1 aliphatic heterocycles. The predicted octanol–water partition coefficient (Wildman–Crippen LogP) is 2.48. The maximum absolute atomic E-state index is 12.1. The number of alkyl halides is 3. The summed E-state index contributed by atoms with van der Waals surface area (Å²) in [6, 6.07) is 2.41. The van der Waals surface area contributed by atoms with E-state index in [-0.39, 0.29) is 23.6 Å². The molecule has 1 aromatic rings. The monoisotopic (exact) mass is 365 g/mol. The average molecular weight is 366 g/mol. The summed E-state index contributed by atoms with van der Waals surface area (Å²) in [7, 11) is 0. The number of ketones is 2. The van der Waals surface area contributed by atoms with Crippen LogP contribution in [-0.2, 0) is 9.59 Å². The second kappa shape index (κ2) is 5.47. The fraction of sp³-hybridized carbons (Fsp3) is 0.250. The Morgan fingerprint density at radius 1 is 1.33 bits per heavy atom. The van der Waals surface area contributed by atoms with Gasteiger partial charge >= 0.3 is 6.18 Å². The van der Waals surface area contributed by atoms with Gasteiger partial charge in [0.1, 0.15) is 0 Å². The van der Waals surface area contributed by atoms with Crippen LogP contribution in [0.15, 0.2) is 16.6 Å². The van der Waals surface area contributed by atoms with E-state index in [0.717, 1.165) is 0 Å². The average Bonchev–Trinajstić information content (AvgIpc) is 2.36. The summed E-state index contributed by atoms with van der Waals surface area (Å²) in [6.45, 7) is -0.203. The highest BCUT2D eigenvalue weighted by atomic mass is 79.9. The van der Waals surface area contributed by atoms with E-state index in [1.54, 1.807) is 0 Å². The SMILES string of the molecule is O=C1COc2c(Br)cc(C(=O)CC(=O)C(F)(F)F)cc2N1. The minimum atomic E-state index is -5.06. The summed E-state index contributed by atoms with van der Waals surface area (Å²) in [6.07, 6.45) is -6.35. The maximum Gasteiger partial charge on any atom is 0.450 e. The molecule has 21 heavy (non-hydrogen) atoms. The van der Waals surface area contributed by atoms with Crippen molar-refractivity contribution in [3.05, 3.63) is 22.2 Å². The van der Waals surface area contributed by atoms with Crippen molar-refractivity contribution in [2.24, 2.45) is 0 Å². The molecule has 1 amide bonds. The summed E-state index contributed by atoms with van der Waals surface area (Å²) in [5, 5.41) is 2.43. The van der Waals surface area contributed by atoms with Gasteiger partial charge in [-0.2, -0.15) is 13.2 Å². The molecule has 0 unspecified atom stereocenters. The van der Waals surface area contributed by atoms with Crippen molar-refractivity contribution in [2.75, 3.05) is 11.9 Å². The van der Waals surface area contributed by atoms with Crippen LogP contribution in [0, 0.1) is 0 Å². The summed E-state index contributed by atoms with van der Waals surface area (Å²) < 4.78 is 41.8. The molecular formula is C12H7BrF3NO4. The Balaban J connectivity index is 2.27. The van der Waals surface area contributed by atoms with Crippen molar-refractivity contribution in [3.8, 4) is 5.75 Å². The van der Waals surface area contributed by atoms with Crippen LogP contribution in [0.3, 0.4) is 0 Å². The summed E-state index contributed by atoms with van der Waals surface area (Å²) in [5.74, 6) is -3.30. The zero-order chi connectivity index (χ0) is 15.8. The Morgan fingerprint density at radius 3 is 2.62 bits per heavy atom. The van der Waals surface area contributed by atoms with Crippen LogP contribution >= 0.6 is 15.9 Å². The van der Waals surface area contributed by atoms with Gasteiger partial charge in [0.2, 0.25) is 5.78 Å². The normalized spacial score (nSPS) is 14.0. The number of amides is 1. The molecule has 0 bridgehead atoms. The molecule has 9 heteroatoms. The minimum Gasteiger partial charge on any atom is -0.480 e. The Labute approximate surface area is 124 Å². The van der Waals surface area contributed by atoms with E-state index < -0.39 is 30.1 Å². The lowest BCUT2D eigenvalue weighted by Crippen LogP contribution is -2.27.